The minimum absolute atomic E-state index is 0.233. The lowest BCUT2D eigenvalue weighted by Gasteiger charge is -2.15. The molecule has 0 radical (unpaired) electrons. The summed E-state index contributed by atoms with van der Waals surface area (Å²) >= 11 is 0. The van der Waals surface area contributed by atoms with Gasteiger partial charge in [0.25, 0.3) is 5.91 Å². The fourth-order valence-corrected chi connectivity index (χ4v) is 2.13. The van der Waals surface area contributed by atoms with Gasteiger partial charge in [0, 0.05) is 5.69 Å². The molecule has 0 bridgehead atoms. The van der Waals surface area contributed by atoms with Gasteiger partial charge in [-0.3, -0.25) is 4.79 Å². The van der Waals surface area contributed by atoms with E-state index in [2.05, 4.69) is 5.32 Å². The number of nitriles is 1. The summed E-state index contributed by atoms with van der Waals surface area (Å²) in [6, 6.07) is 14.6. The number of carbonyl (C=O) groups excluding carboxylic acids is 1. The van der Waals surface area contributed by atoms with Gasteiger partial charge >= 0.3 is 0 Å². The number of carbonyl (C=O) groups is 1. The summed E-state index contributed by atoms with van der Waals surface area (Å²) in [5, 5.41) is 11.5. The Morgan fingerprint density at radius 3 is 2.27 bits per heavy atom. The molecule has 0 heterocycles. The van der Waals surface area contributed by atoms with Gasteiger partial charge in [0.15, 0.2) is 6.10 Å². The molecule has 1 unspecified atom stereocenters. The van der Waals surface area contributed by atoms with Gasteiger partial charge in [-0.2, -0.15) is 5.26 Å². The van der Waals surface area contributed by atoms with Crippen LogP contribution in [0.25, 0.3) is 0 Å². The lowest BCUT2D eigenvalue weighted by atomic mass is 10.1. The van der Waals surface area contributed by atoms with E-state index in [1.165, 1.54) is 0 Å². The van der Waals surface area contributed by atoms with Gasteiger partial charge in [0.1, 0.15) is 5.75 Å². The third-order valence-electron chi connectivity index (χ3n) is 3.16. The molecule has 2 rings (SSSR count). The van der Waals surface area contributed by atoms with Gasteiger partial charge in [0.2, 0.25) is 0 Å². The van der Waals surface area contributed by atoms with Crippen LogP contribution in [0.3, 0.4) is 0 Å². The standard InChI is InChI=1S/C18H18N2O2/c1-12-8-13(2)10-17(9-12)22-14(3)18(21)20-16-6-4-15(11-19)5-7-16/h4-10,14H,1-3H3,(H,20,21). The molecule has 0 aliphatic rings. The summed E-state index contributed by atoms with van der Waals surface area (Å²) in [7, 11) is 0. The quantitative estimate of drug-likeness (QED) is 0.937. The van der Waals surface area contributed by atoms with Crippen molar-refractivity contribution in [3.05, 3.63) is 59.2 Å². The number of anilines is 1. The number of aryl methyl sites for hydroxylation is 2. The molecule has 0 spiro atoms. The molecule has 1 N–H and O–H groups in total. The van der Waals surface area contributed by atoms with E-state index in [0.717, 1.165) is 11.1 Å². The summed E-state index contributed by atoms with van der Waals surface area (Å²) < 4.78 is 5.69. The van der Waals surface area contributed by atoms with Crippen LogP contribution in [-0.2, 0) is 4.79 Å². The highest BCUT2D eigenvalue weighted by Gasteiger charge is 2.15. The Kier molecular flexibility index (Phi) is 4.80. The van der Waals surface area contributed by atoms with Crippen LogP contribution in [-0.4, -0.2) is 12.0 Å². The van der Waals surface area contributed by atoms with Crippen LogP contribution in [0.4, 0.5) is 5.69 Å². The van der Waals surface area contributed by atoms with Crippen molar-refractivity contribution in [3.8, 4) is 11.8 Å². The number of amides is 1. The van der Waals surface area contributed by atoms with Gasteiger partial charge in [-0.05, 0) is 68.3 Å². The molecule has 0 aromatic heterocycles. The largest absolute Gasteiger partial charge is 0.481 e. The maximum absolute atomic E-state index is 12.1. The Balaban J connectivity index is 2.00. The Labute approximate surface area is 130 Å². The lowest BCUT2D eigenvalue weighted by Crippen LogP contribution is -2.30. The van der Waals surface area contributed by atoms with E-state index in [-0.39, 0.29) is 5.91 Å². The van der Waals surface area contributed by atoms with Crippen LogP contribution in [0, 0.1) is 25.2 Å². The third-order valence-corrected chi connectivity index (χ3v) is 3.16. The van der Waals surface area contributed by atoms with Crippen molar-refractivity contribution in [2.24, 2.45) is 0 Å². The van der Waals surface area contributed by atoms with Gasteiger partial charge in [-0.15, -0.1) is 0 Å². The number of nitrogens with zero attached hydrogens (tertiary/aromatic N) is 1. The lowest BCUT2D eigenvalue weighted by molar-refractivity contribution is -0.122. The van der Waals surface area contributed by atoms with E-state index in [0.29, 0.717) is 17.0 Å². The zero-order valence-electron chi connectivity index (χ0n) is 12.9. The van der Waals surface area contributed by atoms with E-state index in [9.17, 15) is 4.79 Å². The van der Waals surface area contributed by atoms with Crippen molar-refractivity contribution in [3.63, 3.8) is 0 Å². The first-order chi connectivity index (χ1) is 10.5. The summed E-state index contributed by atoms with van der Waals surface area (Å²) in [5.41, 5.74) is 3.38. The van der Waals surface area contributed by atoms with Crippen LogP contribution < -0.4 is 10.1 Å². The van der Waals surface area contributed by atoms with Gasteiger partial charge in [-0.1, -0.05) is 6.07 Å². The summed E-state index contributed by atoms with van der Waals surface area (Å²) in [4.78, 5) is 12.1. The van der Waals surface area contributed by atoms with E-state index in [1.54, 1.807) is 31.2 Å². The second-order valence-corrected chi connectivity index (χ2v) is 5.26. The highest BCUT2D eigenvalue weighted by atomic mass is 16.5. The average Bonchev–Trinajstić information content (AvgIpc) is 2.46. The highest BCUT2D eigenvalue weighted by Crippen LogP contribution is 2.18. The molecule has 0 saturated carbocycles. The Bertz CT molecular complexity index is 695. The number of nitrogens with one attached hydrogen (secondary N) is 1. The second-order valence-electron chi connectivity index (χ2n) is 5.26. The first-order valence-electron chi connectivity index (χ1n) is 7.04. The number of rotatable bonds is 4. The zero-order chi connectivity index (χ0) is 16.1. The Morgan fingerprint density at radius 1 is 1.14 bits per heavy atom. The minimum Gasteiger partial charge on any atom is -0.481 e. The third kappa shape index (κ3) is 4.10. The Hall–Kier alpha value is -2.80. The molecule has 0 aliphatic carbocycles. The molecular weight excluding hydrogens is 276 g/mol. The van der Waals surface area contributed by atoms with Crippen molar-refractivity contribution in [2.45, 2.75) is 26.9 Å². The van der Waals surface area contributed by atoms with Gasteiger partial charge in [-0.25, -0.2) is 0 Å². The number of benzene rings is 2. The van der Waals surface area contributed by atoms with Gasteiger partial charge < -0.3 is 10.1 Å². The fourth-order valence-electron chi connectivity index (χ4n) is 2.13. The molecular formula is C18H18N2O2. The maximum Gasteiger partial charge on any atom is 0.265 e. The van der Waals surface area contributed by atoms with Crippen LogP contribution in [0.1, 0.15) is 23.6 Å². The van der Waals surface area contributed by atoms with E-state index >= 15 is 0 Å². The first-order valence-corrected chi connectivity index (χ1v) is 7.04. The highest BCUT2D eigenvalue weighted by molar-refractivity contribution is 5.94. The van der Waals surface area contributed by atoms with Crippen molar-refractivity contribution >= 4 is 11.6 Å². The van der Waals surface area contributed by atoms with Crippen molar-refractivity contribution < 1.29 is 9.53 Å². The predicted molar refractivity (Wildman–Crippen MR) is 85.8 cm³/mol. The van der Waals surface area contributed by atoms with Crippen molar-refractivity contribution in [1.82, 2.24) is 0 Å². The van der Waals surface area contributed by atoms with Crippen LogP contribution in [0.5, 0.6) is 5.75 Å². The molecule has 112 valence electrons. The molecule has 22 heavy (non-hydrogen) atoms. The second kappa shape index (κ2) is 6.77. The SMILES string of the molecule is Cc1cc(C)cc(OC(C)C(=O)Nc2ccc(C#N)cc2)c1. The predicted octanol–water partition coefficient (Wildman–Crippen LogP) is 3.58. The first kappa shape index (κ1) is 15.6. The molecule has 0 aliphatic heterocycles. The van der Waals surface area contributed by atoms with Crippen LogP contribution in [0.15, 0.2) is 42.5 Å². The molecule has 1 atom stereocenters. The number of hydrogen-bond donors (Lipinski definition) is 1. The summed E-state index contributed by atoms with van der Waals surface area (Å²) in [6.07, 6.45) is -0.614. The van der Waals surface area contributed by atoms with E-state index in [4.69, 9.17) is 10.00 Å². The molecule has 0 fully saturated rings. The summed E-state index contributed by atoms with van der Waals surface area (Å²) in [5.74, 6) is 0.448. The normalized spacial score (nSPS) is 11.4. The molecule has 2 aromatic carbocycles. The Morgan fingerprint density at radius 2 is 1.73 bits per heavy atom. The molecule has 0 saturated heterocycles. The minimum atomic E-state index is -0.614. The number of hydrogen-bond acceptors (Lipinski definition) is 3. The topological polar surface area (TPSA) is 62.1 Å². The fraction of sp³-hybridized carbons (Fsp3) is 0.222. The zero-order valence-corrected chi connectivity index (χ0v) is 12.9. The average molecular weight is 294 g/mol. The van der Waals surface area contributed by atoms with Crippen LogP contribution in [0.2, 0.25) is 0 Å². The van der Waals surface area contributed by atoms with E-state index in [1.807, 2.05) is 38.1 Å². The molecule has 4 nitrogen and oxygen atoms in total. The molecule has 1 amide bonds. The summed E-state index contributed by atoms with van der Waals surface area (Å²) in [6.45, 7) is 5.68. The van der Waals surface area contributed by atoms with Crippen LogP contribution >= 0.6 is 0 Å². The molecule has 4 heteroatoms. The van der Waals surface area contributed by atoms with Crippen molar-refractivity contribution in [2.75, 3.05) is 5.32 Å². The monoisotopic (exact) mass is 294 g/mol. The van der Waals surface area contributed by atoms with E-state index < -0.39 is 6.10 Å². The van der Waals surface area contributed by atoms with Gasteiger partial charge in [0.05, 0.1) is 11.6 Å². The maximum atomic E-state index is 12.1. The van der Waals surface area contributed by atoms with Crippen molar-refractivity contribution in [1.29, 1.82) is 5.26 Å². The smallest absolute Gasteiger partial charge is 0.265 e. The number of ether oxygens (including phenoxy) is 1. The molecule has 2 aromatic rings.